The maximum Gasteiger partial charge on any atom is 0.253 e. The minimum absolute atomic E-state index is 0.121. The van der Waals surface area contributed by atoms with Gasteiger partial charge in [-0.1, -0.05) is 15.9 Å². The van der Waals surface area contributed by atoms with E-state index in [9.17, 15) is 4.79 Å². The molecule has 1 saturated heterocycles. The van der Waals surface area contributed by atoms with Crippen LogP contribution in [0.15, 0.2) is 22.7 Å². The summed E-state index contributed by atoms with van der Waals surface area (Å²) in [4.78, 5) is 14.3. The van der Waals surface area contributed by atoms with E-state index in [1.807, 2.05) is 37.1 Å². The van der Waals surface area contributed by atoms with E-state index in [0.717, 1.165) is 35.2 Å². The molecule has 0 spiro atoms. The van der Waals surface area contributed by atoms with Crippen LogP contribution < -0.4 is 5.32 Å². The highest BCUT2D eigenvalue weighted by molar-refractivity contribution is 9.10. The molecule has 1 unspecified atom stereocenters. The summed E-state index contributed by atoms with van der Waals surface area (Å²) in [6, 6.07) is 5.82. The van der Waals surface area contributed by atoms with Gasteiger partial charge >= 0.3 is 0 Å². The van der Waals surface area contributed by atoms with Gasteiger partial charge in [0.05, 0.1) is 0 Å². The molecule has 0 aromatic heterocycles. The van der Waals surface area contributed by atoms with Crippen molar-refractivity contribution >= 4 is 21.8 Å². The monoisotopic (exact) mass is 324 g/mol. The number of nitrogens with zero attached hydrogens (tertiary/aromatic N) is 1. The first-order valence-corrected chi connectivity index (χ1v) is 7.59. The first-order valence-electron chi connectivity index (χ1n) is 6.80. The van der Waals surface area contributed by atoms with Gasteiger partial charge in [0, 0.05) is 23.6 Å². The highest BCUT2D eigenvalue weighted by Gasteiger charge is 2.19. The van der Waals surface area contributed by atoms with Gasteiger partial charge in [0.15, 0.2) is 0 Å². The number of carbonyl (C=O) groups excluding carboxylic acids is 1. The van der Waals surface area contributed by atoms with Gasteiger partial charge in [-0.15, -0.1) is 0 Å². The quantitative estimate of drug-likeness (QED) is 0.927. The van der Waals surface area contributed by atoms with Crippen molar-refractivity contribution in [1.29, 1.82) is 0 Å². The first kappa shape index (κ1) is 14.5. The molecule has 1 aliphatic heterocycles. The second-order valence-corrected chi connectivity index (χ2v) is 6.27. The number of amides is 1. The highest BCUT2D eigenvalue weighted by atomic mass is 79.9. The Morgan fingerprint density at radius 3 is 2.95 bits per heavy atom. The molecule has 1 fully saturated rings. The zero-order valence-electron chi connectivity index (χ0n) is 11.6. The Morgan fingerprint density at radius 2 is 2.32 bits per heavy atom. The summed E-state index contributed by atoms with van der Waals surface area (Å²) in [7, 11) is 1.90. The fourth-order valence-electron chi connectivity index (χ4n) is 2.62. The number of piperidine rings is 1. The minimum Gasteiger partial charge on any atom is -0.341 e. The van der Waals surface area contributed by atoms with Gasteiger partial charge in [0.25, 0.3) is 5.91 Å². The van der Waals surface area contributed by atoms with Gasteiger partial charge in [0.1, 0.15) is 0 Å². The van der Waals surface area contributed by atoms with Crippen molar-refractivity contribution < 1.29 is 4.79 Å². The molecule has 1 aliphatic rings. The van der Waals surface area contributed by atoms with Crippen molar-refractivity contribution in [3.63, 3.8) is 0 Å². The topological polar surface area (TPSA) is 32.3 Å². The molecule has 0 radical (unpaired) electrons. The third-order valence-electron chi connectivity index (χ3n) is 3.70. The maximum atomic E-state index is 12.4. The zero-order valence-corrected chi connectivity index (χ0v) is 13.2. The molecule has 0 bridgehead atoms. The van der Waals surface area contributed by atoms with E-state index in [0.29, 0.717) is 5.92 Å². The van der Waals surface area contributed by atoms with E-state index < -0.39 is 0 Å². The molecule has 19 heavy (non-hydrogen) atoms. The summed E-state index contributed by atoms with van der Waals surface area (Å²) in [5.41, 5.74) is 1.82. The predicted molar refractivity (Wildman–Crippen MR) is 81.4 cm³/mol. The minimum atomic E-state index is 0.121. The average molecular weight is 325 g/mol. The van der Waals surface area contributed by atoms with Crippen molar-refractivity contribution in [1.82, 2.24) is 10.2 Å². The second kappa shape index (κ2) is 6.53. The second-order valence-electron chi connectivity index (χ2n) is 5.36. The van der Waals surface area contributed by atoms with Crippen LogP contribution in [0.5, 0.6) is 0 Å². The number of rotatable bonds is 3. The maximum absolute atomic E-state index is 12.4. The molecule has 1 amide bonds. The van der Waals surface area contributed by atoms with E-state index in [1.54, 1.807) is 0 Å². The SMILES string of the molecule is Cc1cc(Br)ccc1C(=O)N(C)CC1CCCNC1. The summed E-state index contributed by atoms with van der Waals surface area (Å²) in [5, 5.41) is 3.39. The number of nitrogens with one attached hydrogen (secondary N) is 1. The number of hydrogen-bond acceptors (Lipinski definition) is 2. The lowest BCUT2D eigenvalue weighted by molar-refractivity contribution is 0.0764. The van der Waals surface area contributed by atoms with Crippen LogP contribution in [0.2, 0.25) is 0 Å². The Bertz CT molecular complexity index is 455. The molecular formula is C15H21BrN2O. The van der Waals surface area contributed by atoms with E-state index in [-0.39, 0.29) is 5.91 Å². The van der Waals surface area contributed by atoms with Gasteiger partial charge in [-0.05, 0) is 62.5 Å². The lowest BCUT2D eigenvalue weighted by Crippen LogP contribution is -2.39. The van der Waals surface area contributed by atoms with Gasteiger partial charge in [-0.25, -0.2) is 0 Å². The molecule has 1 N–H and O–H groups in total. The van der Waals surface area contributed by atoms with Crippen LogP contribution in [0.3, 0.4) is 0 Å². The average Bonchev–Trinajstić information content (AvgIpc) is 2.39. The number of carbonyl (C=O) groups is 1. The van der Waals surface area contributed by atoms with Crippen molar-refractivity contribution in [2.75, 3.05) is 26.7 Å². The van der Waals surface area contributed by atoms with Crippen molar-refractivity contribution in [2.45, 2.75) is 19.8 Å². The first-order chi connectivity index (χ1) is 9.08. The Balaban J connectivity index is 2.01. The van der Waals surface area contributed by atoms with E-state index >= 15 is 0 Å². The van der Waals surface area contributed by atoms with Crippen LogP contribution in [-0.2, 0) is 0 Å². The van der Waals surface area contributed by atoms with Crippen LogP contribution >= 0.6 is 15.9 Å². The Morgan fingerprint density at radius 1 is 1.53 bits per heavy atom. The predicted octanol–water partition coefficient (Wildman–Crippen LogP) is 2.83. The van der Waals surface area contributed by atoms with Gasteiger partial charge < -0.3 is 10.2 Å². The van der Waals surface area contributed by atoms with E-state index in [1.165, 1.54) is 12.8 Å². The van der Waals surface area contributed by atoms with Crippen LogP contribution in [0.1, 0.15) is 28.8 Å². The van der Waals surface area contributed by atoms with Crippen LogP contribution in [0.4, 0.5) is 0 Å². The molecule has 0 aliphatic carbocycles. The molecule has 1 aromatic carbocycles. The van der Waals surface area contributed by atoms with E-state index in [4.69, 9.17) is 0 Å². The number of aryl methyl sites for hydroxylation is 1. The van der Waals surface area contributed by atoms with Crippen molar-refractivity contribution in [2.24, 2.45) is 5.92 Å². The Labute approximate surface area is 123 Å². The van der Waals surface area contributed by atoms with Crippen LogP contribution in [-0.4, -0.2) is 37.5 Å². The van der Waals surface area contributed by atoms with Gasteiger partial charge in [0.2, 0.25) is 0 Å². The molecule has 0 saturated carbocycles. The van der Waals surface area contributed by atoms with Crippen LogP contribution in [0.25, 0.3) is 0 Å². The molecule has 104 valence electrons. The van der Waals surface area contributed by atoms with Crippen molar-refractivity contribution in [3.8, 4) is 0 Å². The smallest absolute Gasteiger partial charge is 0.253 e. The summed E-state index contributed by atoms with van der Waals surface area (Å²) in [6.45, 7) is 4.95. The normalized spacial score (nSPS) is 19.2. The third-order valence-corrected chi connectivity index (χ3v) is 4.19. The van der Waals surface area contributed by atoms with Gasteiger partial charge in [-0.2, -0.15) is 0 Å². The summed E-state index contributed by atoms with van der Waals surface area (Å²) in [6.07, 6.45) is 2.42. The lowest BCUT2D eigenvalue weighted by atomic mass is 9.98. The molecular weight excluding hydrogens is 304 g/mol. The van der Waals surface area contributed by atoms with Gasteiger partial charge in [-0.3, -0.25) is 4.79 Å². The molecule has 1 atom stereocenters. The van der Waals surface area contributed by atoms with Crippen LogP contribution in [0, 0.1) is 12.8 Å². The fraction of sp³-hybridized carbons (Fsp3) is 0.533. The summed E-state index contributed by atoms with van der Waals surface area (Å²) in [5.74, 6) is 0.703. The number of halogens is 1. The standard InChI is InChI=1S/C15H21BrN2O/c1-11-8-13(16)5-6-14(11)15(19)18(2)10-12-4-3-7-17-9-12/h5-6,8,12,17H,3-4,7,9-10H2,1-2H3. The number of hydrogen-bond donors (Lipinski definition) is 1. The van der Waals surface area contributed by atoms with E-state index in [2.05, 4.69) is 21.2 Å². The lowest BCUT2D eigenvalue weighted by Gasteiger charge is -2.28. The third kappa shape index (κ3) is 3.80. The molecule has 1 heterocycles. The summed E-state index contributed by atoms with van der Waals surface area (Å²) >= 11 is 3.43. The zero-order chi connectivity index (χ0) is 13.8. The molecule has 3 nitrogen and oxygen atoms in total. The Kier molecular flexibility index (Phi) is 4.99. The van der Waals surface area contributed by atoms with Crippen molar-refractivity contribution in [3.05, 3.63) is 33.8 Å². The fourth-order valence-corrected chi connectivity index (χ4v) is 3.10. The number of benzene rings is 1. The molecule has 4 heteroatoms. The largest absolute Gasteiger partial charge is 0.341 e. The molecule has 2 rings (SSSR count). The Hall–Kier alpha value is -0.870. The highest BCUT2D eigenvalue weighted by Crippen LogP contribution is 2.18. The molecule has 1 aromatic rings. The summed E-state index contributed by atoms with van der Waals surface area (Å²) < 4.78 is 1.01.